The summed E-state index contributed by atoms with van der Waals surface area (Å²) < 4.78 is 35.4. The summed E-state index contributed by atoms with van der Waals surface area (Å²) in [7, 11) is -2.63. The van der Waals surface area contributed by atoms with Crippen molar-refractivity contribution >= 4 is 39.2 Å². The molecule has 0 spiro atoms. The van der Waals surface area contributed by atoms with Crippen molar-refractivity contribution in [3.05, 3.63) is 70.6 Å². The van der Waals surface area contributed by atoms with Crippen molar-refractivity contribution in [1.29, 1.82) is 0 Å². The van der Waals surface area contributed by atoms with Crippen LogP contribution < -0.4 is 15.6 Å². The molecule has 34 heavy (non-hydrogen) atoms. The van der Waals surface area contributed by atoms with Gasteiger partial charge in [-0.25, -0.2) is 18.2 Å². The van der Waals surface area contributed by atoms with Gasteiger partial charge in [0.15, 0.2) is 10.1 Å². The predicted octanol–water partition coefficient (Wildman–Crippen LogP) is 2.52. The van der Waals surface area contributed by atoms with Gasteiger partial charge in [0.25, 0.3) is 5.56 Å². The molecule has 0 aliphatic heterocycles. The number of aromatic amines is 1. The number of H-pyrrole nitrogens is 1. The van der Waals surface area contributed by atoms with Crippen molar-refractivity contribution in [1.82, 2.24) is 9.97 Å². The van der Waals surface area contributed by atoms with Gasteiger partial charge in [-0.2, -0.15) is 0 Å². The highest BCUT2D eigenvalue weighted by Gasteiger charge is 2.22. The number of hydrogen-bond donors (Lipinski definition) is 2. The van der Waals surface area contributed by atoms with E-state index in [0.717, 1.165) is 18.0 Å². The molecule has 0 saturated heterocycles. The smallest absolute Gasteiger partial charge is 0.338 e. The van der Waals surface area contributed by atoms with Crippen LogP contribution in [-0.4, -0.2) is 49.7 Å². The monoisotopic (exact) mass is 503 g/mol. The van der Waals surface area contributed by atoms with Gasteiger partial charge in [-0.05, 0) is 55.5 Å². The lowest BCUT2D eigenvalue weighted by Crippen LogP contribution is -2.20. The Morgan fingerprint density at radius 2 is 1.76 bits per heavy atom. The number of esters is 1. The molecule has 0 saturated carbocycles. The highest BCUT2D eigenvalue weighted by Crippen LogP contribution is 2.21. The first-order chi connectivity index (χ1) is 16.2. The van der Waals surface area contributed by atoms with Gasteiger partial charge in [0, 0.05) is 5.69 Å². The lowest BCUT2D eigenvalue weighted by molar-refractivity contribution is -0.113. The number of carbonyl (C=O) groups excluding carboxylic acids is 2. The van der Waals surface area contributed by atoms with Crippen LogP contribution in [0.5, 0.6) is 5.75 Å². The quantitative estimate of drug-likeness (QED) is 0.256. The van der Waals surface area contributed by atoms with E-state index >= 15 is 0 Å². The zero-order valence-corrected chi connectivity index (χ0v) is 19.9. The number of rotatable bonds is 9. The first kappa shape index (κ1) is 25.0. The van der Waals surface area contributed by atoms with Crippen molar-refractivity contribution in [3.8, 4) is 5.75 Å². The van der Waals surface area contributed by atoms with Crippen molar-refractivity contribution in [2.75, 3.05) is 24.8 Å². The van der Waals surface area contributed by atoms with Gasteiger partial charge in [-0.3, -0.25) is 9.59 Å². The third kappa shape index (κ3) is 6.02. The number of benzene rings is 2. The Kier molecular flexibility index (Phi) is 8.08. The molecular weight excluding hydrogens is 482 g/mol. The first-order valence-corrected chi connectivity index (χ1v) is 12.4. The fourth-order valence-corrected chi connectivity index (χ4v) is 4.62. The summed E-state index contributed by atoms with van der Waals surface area (Å²) in [6.07, 6.45) is 0.965. The molecule has 0 bridgehead atoms. The summed E-state index contributed by atoms with van der Waals surface area (Å²) in [6.45, 7) is 1.97. The zero-order chi connectivity index (χ0) is 24.7. The van der Waals surface area contributed by atoms with Gasteiger partial charge in [0.2, 0.25) is 15.7 Å². The van der Waals surface area contributed by atoms with E-state index in [0.29, 0.717) is 17.0 Å². The molecule has 0 aliphatic carbocycles. The molecule has 3 aromatic rings. The van der Waals surface area contributed by atoms with Gasteiger partial charge in [0.1, 0.15) is 5.75 Å². The minimum atomic E-state index is -4.08. The predicted molar refractivity (Wildman–Crippen MR) is 125 cm³/mol. The third-order valence-electron chi connectivity index (χ3n) is 4.42. The molecule has 178 valence electrons. The van der Waals surface area contributed by atoms with Crippen LogP contribution in [0.4, 0.5) is 5.69 Å². The number of thioether (sulfide) groups is 1. The summed E-state index contributed by atoms with van der Waals surface area (Å²) in [5, 5.41) is 2.74. The van der Waals surface area contributed by atoms with Crippen molar-refractivity contribution in [2.45, 2.75) is 21.9 Å². The maximum atomic E-state index is 12.7. The van der Waals surface area contributed by atoms with Crippen molar-refractivity contribution in [2.24, 2.45) is 0 Å². The largest absolute Gasteiger partial charge is 0.497 e. The minimum absolute atomic E-state index is 0.0747. The van der Waals surface area contributed by atoms with E-state index in [2.05, 4.69) is 15.3 Å². The van der Waals surface area contributed by atoms with Crippen LogP contribution in [0.1, 0.15) is 17.3 Å². The molecule has 0 fully saturated rings. The molecule has 0 radical (unpaired) electrons. The van der Waals surface area contributed by atoms with Gasteiger partial charge >= 0.3 is 5.97 Å². The van der Waals surface area contributed by atoms with Crippen LogP contribution >= 0.6 is 11.8 Å². The number of sulfone groups is 1. The lowest BCUT2D eigenvalue weighted by Gasteiger charge is -2.07. The topological polar surface area (TPSA) is 145 Å². The average molecular weight is 504 g/mol. The molecule has 2 aromatic carbocycles. The van der Waals surface area contributed by atoms with Crippen molar-refractivity contribution < 1.29 is 27.5 Å². The molecule has 2 N–H and O–H groups in total. The number of aromatic nitrogens is 2. The van der Waals surface area contributed by atoms with E-state index in [4.69, 9.17) is 9.47 Å². The summed E-state index contributed by atoms with van der Waals surface area (Å²) >= 11 is 0.932. The Morgan fingerprint density at radius 1 is 1.09 bits per heavy atom. The molecule has 1 heterocycles. The normalized spacial score (nSPS) is 11.0. The summed E-state index contributed by atoms with van der Waals surface area (Å²) in [4.78, 5) is 42.0. The zero-order valence-electron chi connectivity index (χ0n) is 18.2. The van der Waals surface area contributed by atoms with E-state index in [1.807, 2.05) is 0 Å². The Labute approximate surface area is 199 Å². The average Bonchev–Trinajstić information content (AvgIpc) is 2.83. The molecule has 1 amide bonds. The Bertz CT molecular complexity index is 1340. The molecule has 3 rings (SSSR count). The number of nitrogens with one attached hydrogen (secondary N) is 2. The molecule has 0 atom stereocenters. The second-order valence-electron chi connectivity index (χ2n) is 6.70. The van der Waals surface area contributed by atoms with Gasteiger partial charge in [-0.15, -0.1) is 0 Å². The molecule has 12 heteroatoms. The summed E-state index contributed by atoms with van der Waals surface area (Å²) in [5.74, 6) is -0.450. The van der Waals surface area contributed by atoms with Crippen molar-refractivity contribution in [3.63, 3.8) is 0 Å². The van der Waals surface area contributed by atoms with Gasteiger partial charge < -0.3 is 19.8 Å². The SMILES string of the molecule is CCOC(=O)c1ccc(NC(=O)CSc2ncc(S(=O)(=O)c3ccc(OC)cc3)c(=O)[nH]2)cc1. The highest BCUT2D eigenvalue weighted by molar-refractivity contribution is 7.99. The van der Waals surface area contributed by atoms with Crippen LogP contribution in [0.15, 0.2) is 74.5 Å². The van der Waals surface area contributed by atoms with Gasteiger partial charge in [0.05, 0.1) is 36.1 Å². The second kappa shape index (κ2) is 11.0. The number of anilines is 1. The maximum Gasteiger partial charge on any atom is 0.338 e. The molecular formula is C22H21N3O7S2. The van der Waals surface area contributed by atoms with E-state index < -0.39 is 26.3 Å². The molecule has 1 aromatic heterocycles. The molecule has 0 aliphatic rings. The van der Waals surface area contributed by atoms with E-state index in [1.54, 1.807) is 19.1 Å². The fourth-order valence-electron chi connectivity index (χ4n) is 2.75. The number of nitrogens with zero attached hydrogens (tertiary/aromatic N) is 1. The molecule has 10 nitrogen and oxygen atoms in total. The van der Waals surface area contributed by atoms with Crippen LogP contribution in [0, 0.1) is 0 Å². The number of amides is 1. The number of ether oxygens (including phenoxy) is 2. The van der Waals surface area contributed by atoms with Crippen LogP contribution in [0.25, 0.3) is 0 Å². The second-order valence-corrected chi connectivity index (χ2v) is 9.58. The minimum Gasteiger partial charge on any atom is -0.497 e. The Hall–Kier alpha value is -3.64. The number of carbonyl (C=O) groups is 2. The number of hydrogen-bond acceptors (Lipinski definition) is 9. The Balaban J connectivity index is 1.62. The van der Waals surface area contributed by atoms with E-state index in [-0.39, 0.29) is 28.3 Å². The lowest BCUT2D eigenvalue weighted by atomic mass is 10.2. The molecule has 0 unspecified atom stereocenters. The number of methoxy groups -OCH3 is 1. The highest BCUT2D eigenvalue weighted by atomic mass is 32.2. The first-order valence-electron chi connectivity index (χ1n) is 9.93. The van der Waals surface area contributed by atoms with E-state index in [9.17, 15) is 22.8 Å². The van der Waals surface area contributed by atoms with Crippen LogP contribution in [0.3, 0.4) is 0 Å². The Morgan fingerprint density at radius 3 is 2.35 bits per heavy atom. The van der Waals surface area contributed by atoms with Gasteiger partial charge in [-0.1, -0.05) is 11.8 Å². The maximum absolute atomic E-state index is 12.7. The third-order valence-corrected chi connectivity index (χ3v) is 7.07. The standard InChI is InChI=1S/C22H21N3O7S2/c1-3-32-21(28)14-4-6-15(7-5-14)24-19(26)13-33-22-23-12-18(20(27)25-22)34(29,30)17-10-8-16(31-2)9-11-17/h4-12H,3,13H2,1-2H3,(H,24,26)(H,23,25,27). The van der Waals surface area contributed by atoms with Crippen LogP contribution in [0.2, 0.25) is 0 Å². The van der Waals surface area contributed by atoms with Crippen LogP contribution in [-0.2, 0) is 19.4 Å². The summed E-state index contributed by atoms with van der Waals surface area (Å²) in [5.41, 5.74) is -0.00926. The van der Waals surface area contributed by atoms with E-state index in [1.165, 1.54) is 43.5 Å². The summed E-state index contributed by atoms with van der Waals surface area (Å²) in [6, 6.07) is 11.8. The fraction of sp³-hybridized carbons (Fsp3) is 0.182.